The Balaban J connectivity index is 1.47. The van der Waals surface area contributed by atoms with Gasteiger partial charge in [0.2, 0.25) is 0 Å². The molecule has 4 nitrogen and oxygen atoms in total. The van der Waals surface area contributed by atoms with E-state index >= 15 is 0 Å². The number of nitrogens with one attached hydrogen (secondary N) is 1. The fraction of sp³-hybridized carbons (Fsp3) is 0.143. The largest absolute Gasteiger partial charge is 0.445 e. The maximum absolute atomic E-state index is 11.6. The van der Waals surface area contributed by atoms with Crippen molar-refractivity contribution >= 4 is 28.6 Å². The van der Waals surface area contributed by atoms with E-state index in [0.29, 0.717) is 23.7 Å². The Labute approximate surface area is 157 Å². The summed E-state index contributed by atoms with van der Waals surface area (Å²) < 4.78 is 5.13. The lowest BCUT2D eigenvalue weighted by atomic mass is 10.1. The second-order valence-corrected chi connectivity index (χ2v) is 5.92. The van der Waals surface area contributed by atoms with E-state index in [1.807, 2.05) is 60.7 Å². The van der Waals surface area contributed by atoms with Crippen LogP contribution < -0.4 is 5.32 Å². The number of hydrogen-bond donors (Lipinski definition) is 1. The fourth-order valence-electron chi connectivity index (χ4n) is 2.34. The quantitative estimate of drug-likeness (QED) is 0.419. The summed E-state index contributed by atoms with van der Waals surface area (Å²) in [4.78, 5) is 16.0. The van der Waals surface area contributed by atoms with Crippen molar-refractivity contribution < 1.29 is 9.53 Å². The molecule has 3 aromatic rings. The van der Waals surface area contributed by atoms with Gasteiger partial charge in [-0.25, -0.2) is 9.78 Å². The summed E-state index contributed by atoms with van der Waals surface area (Å²) in [5, 5.41) is 4.04. The Kier molecular flexibility index (Phi) is 6.08. The Hall–Kier alpha value is -3.03. The summed E-state index contributed by atoms with van der Waals surface area (Å²) in [6.45, 7) is 0.649. The van der Waals surface area contributed by atoms with Crippen molar-refractivity contribution in [1.29, 1.82) is 0 Å². The van der Waals surface area contributed by atoms with Gasteiger partial charge in [-0.15, -0.1) is 0 Å². The van der Waals surface area contributed by atoms with E-state index in [-0.39, 0.29) is 6.61 Å². The van der Waals surface area contributed by atoms with Gasteiger partial charge < -0.3 is 10.1 Å². The Morgan fingerprint density at radius 1 is 1.12 bits per heavy atom. The van der Waals surface area contributed by atoms with Crippen LogP contribution in [0.2, 0.25) is 5.15 Å². The first-order valence-corrected chi connectivity index (χ1v) is 8.59. The second-order valence-electron chi connectivity index (χ2n) is 5.56. The molecule has 1 aromatic heterocycles. The van der Waals surface area contributed by atoms with Gasteiger partial charge in [0.1, 0.15) is 11.8 Å². The fourth-order valence-corrected chi connectivity index (χ4v) is 2.53. The van der Waals surface area contributed by atoms with E-state index < -0.39 is 6.09 Å². The van der Waals surface area contributed by atoms with Crippen molar-refractivity contribution in [2.45, 2.75) is 13.0 Å². The maximum Gasteiger partial charge on any atom is 0.407 e. The summed E-state index contributed by atoms with van der Waals surface area (Å²) in [7, 11) is 0. The van der Waals surface area contributed by atoms with Gasteiger partial charge in [-0.1, -0.05) is 72.0 Å². The molecular formula is C21H17ClN2O2. The van der Waals surface area contributed by atoms with Crippen LogP contribution in [-0.2, 0) is 11.3 Å². The molecule has 0 spiro atoms. The third-order valence-corrected chi connectivity index (χ3v) is 3.92. The lowest BCUT2D eigenvalue weighted by molar-refractivity contribution is 0.140. The van der Waals surface area contributed by atoms with Crippen molar-refractivity contribution in [1.82, 2.24) is 10.3 Å². The predicted molar refractivity (Wildman–Crippen MR) is 103 cm³/mol. The molecule has 5 heteroatoms. The smallest absolute Gasteiger partial charge is 0.407 e. The second kappa shape index (κ2) is 8.89. The molecule has 130 valence electrons. The molecule has 0 atom stereocenters. The summed E-state index contributed by atoms with van der Waals surface area (Å²) in [6, 6.07) is 19.2. The number of alkyl carbamates (subject to hydrolysis) is 1. The Morgan fingerprint density at radius 2 is 1.88 bits per heavy atom. The predicted octanol–water partition coefficient (Wildman–Crippen LogP) is 4.56. The molecule has 0 aliphatic carbocycles. The topological polar surface area (TPSA) is 51.2 Å². The van der Waals surface area contributed by atoms with Crippen LogP contribution in [0.5, 0.6) is 0 Å². The molecule has 1 amide bonds. The number of carbonyl (C=O) groups excluding carboxylic acids is 1. The van der Waals surface area contributed by atoms with Crippen LogP contribution in [0.1, 0.15) is 17.5 Å². The van der Waals surface area contributed by atoms with Gasteiger partial charge in [-0.2, -0.15) is 0 Å². The molecule has 0 fully saturated rings. The highest BCUT2D eigenvalue weighted by molar-refractivity contribution is 6.31. The minimum atomic E-state index is -0.457. The molecule has 1 N–H and O–H groups in total. The van der Waals surface area contributed by atoms with Gasteiger partial charge in [0.25, 0.3) is 0 Å². The average Bonchev–Trinajstić information content (AvgIpc) is 2.67. The lowest BCUT2D eigenvalue weighted by Crippen LogP contribution is -2.24. The number of carbonyl (C=O) groups is 1. The van der Waals surface area contributed by atoms with E-state index in [2.05, 4.69) is 22.1 Å². The molecule has 0 aliphatic heterocycles. The van der Waals surface area contributed by atoms with E-state index in [4.69, 9.17) is 16.3 Å². The molecule has 0 aliphatic rings. The molecule has 2 aromatic carbocycles. The minimum Gasteiger partial charge on any atom is -0.445 e. The lowest BCUT2D eigenvalue weighted by Gasteiger charge is -2.05. The van der Waals surface area contributed by atoms with E-state index in [9.17, 15) is 4.79 Å². The highest BCUT2D eigenvalue weighted by atomic mass is 35.5. The number of halogens is 1. The van der Waals surface area contributed by atoms with Gasteiger partial charge in [0, 0.05) is 18.4 Å². The molecular weight excluding hydrogens is 348 g/mol. The third kappa shape index (κ3) is 4.98. The van der Waals surface area contributed by atoms with Crippen LogP contribution >= 0.6 is 11.6 Å². The molecule has 3 rings (SSSR count). The van der Waals surface area contributed by atoms with Gasteiger partial charge >= 0.3 is 6.09 Å². The summed E-state index contributed by atoms with van der Waals surface area (Å²) in [5.74, 6) is 5.99. The highest BCUT2D eigenvalue weighted by Gasteiger charge is 2.03. The Morgan fingerprint density at radius 3 is 2.73 bits per heavy atom. The van der Waals surface area contributed by atoms with Crippen LogP contribution in [0.3, 0.4) is 0 Å². The SMILES string of the molecule is O=C(NCCC#Cc1cc2ccccc2nc1Cl)OCc1ccccc1. The monoisotopic (exact) mass is 364 g/mol. The van der Waals surface area contributed by atoms with E-state index in [1.54, 1.807) is 0 Å². The van der Waals surface area contributed by atoms with Crippen molar-refractivity contribution in [2.75, 3.05) is 6.54 Å². The molecule has 0 saturated carbocycles. The summed E-state index contributed by atoms with van der Waals surface area (Å²) in [5.41, 5.74) is 2.46. The number of fused-ring (bicyclic) bond motifs is 1. The van der Waals surface area contributed by atoms with Gasteiger partial charge in [-0.3, -0.25) is 0 Å². The number of para-hydroxylation sites is 1. The minimum absolute atomic E-state index is 0.247. The van der Waals surface area contributed by atoms with Gasteiger partial charge in [-0.05, 0) is 17.7 Å². The van der Waals surface area contributed by atoms with Crippen LogP contribution in [0.15, 0.2) is 60.7 Å². The Bertz CT molecular complexity index is 962. The molecule has 0 radical (unpaired) electrons. The molecule has 0 unspecified atom stereocenters. The summed E-state index contributed by atoms with van der Waals surface area (Å²) >= 11 is 6.16. The zero-order chi connectivity index (χ0) is 18.2. The summed E-state index contributed by atoms with van der Waals surface area (Å²) in [6.07, 6.45) is 0.0323. The van der Waals surface area contributed by atoms with Gasteiger partial charge in [0.05, 0.1) is 11.1 Å². The molecule has 26 heavy (non-hydrogen) atoms. The molecule has 0 saturated heterocycles. The first-order chi connectivity index (χ1) is 12.7. The van der Waals surface area contributed by atoms with Crippen molar-refractivity contribution in [3.8, 4) is 11.8 Å². The van der Waals surface area contributed by atoms with Gasteiger partial charge in [0.15, 0.2) is 0 Å². The first-order valence-electron chi connectivity index (χ1n) is 8.21. The maximum atomic E-state index is 11.6. The van der Waals surface area contributed by atoms with Crippen molar-refractivity contribution in [3.63, 3.8) is 0 Å². The van der Waals surface area contributed by atoms with E-state index in [0.717, 1.165) is 16.5 Å². The molecule has 0 bridgehead atoms. The number of benzene rings is 2. The van der Waals surface area contributed by atoms with Crippen LogP contribution in [0.4, 0.5) is 4.79 Å². The third-order valence-electron chi connectivity index (χ3n) is 3.63. The highest BCUT2D eigenvalue weighted by Crippen LogP contribution is 2.19. The number of amides is 1. The molecule has 1 heterocycles. The zero-order valence-corrected chi connectivity index (χ0v) is 14.8. The van der Waals surface area contributed by atoms with Crippen LogP contribution in [-0.4, -0.2) is 17.6 Å². The van der Waals surface area contributed by atoms with E-state index in [1.165, 1.54) is 0 Å². The average molecular weight is 365 g/mol. The van der Waals surface area contributed by atoms with Crippen molar-refractivity contribution in [2.24, 2.45) is 0 Å². The standard InChI is InChI=1S/C21H17ClN2O2/c22-20-18(14-17-10-4-5-12-19(17)24-20)11-6-7-13-23-21(25)26-15-16-8-2-1-3-9-16/h1-5,8-10,12,14H,7,13,15H2,(H,23,25). The van der Waals surface area contributed by atoms with Crippen molar-refractivity contribution in [3.05, 3.63) is 76.9 Å². The number of hydrogen-bond acceptors (Lipinski definition) is 3. The number of ether oxygens (including phenoxy) is 1. The van der Waals surface area contributed by atoms with Crippen LogP contribution in [0.25, 0.3) is 10.9 Å². The number of aromatic nitrogens is 1. The normalized spacial score (nSPS) is 10.0. The number of pyridine rings is 1. The number of rotatable bonds is 4. The van der Waals surface area contributed by atoms with Crippen LogP contribution in [0, 0.1) is 11.8 Å². The number of nitrogens with zero attached hydrogens (tertiary/aromatic N) is 1. The first kappa shape index (κ1) is 17.8. The zero-order valence-electron chi connectivity index (χ0n) is 14.0.